The molecule has 1 fully saturated rings. The summed E-state index contributed by atoms with van der Waals surface area (Å²) >= 11 is 0. The summed E-state index contributed by atoms with van der Waals surface area (Å²) < 4.78 is 15.4. The molecule has 0 saturated carbocycles. The van der Waals surface area contributed by atoms with Crippen molar-refractivity contribution < 1.29 is 9.47 Å². The highest BCUT2D eigenvalue weighted by atomic mass is 16.6. The van der Waals surface area contributed by atoms with Crippen molar-refractivity contribution in [3.63, 3.8) is 0 Å². The Morgan fingerprint density at radius 2 is 2.08 bits per heavy atom. The summed E-state index contributed by atoms with van der Waals surface area (Å²) in [6.45, 7) is 6.88. The summed E-state index contributed by atoms with van der Waals surface area (Å²) in [5, 5.41) is 4.43. The molecule has 0 radical (unpaired) electrons. The number of nitrogens with zero attached hydrogens (tertiary/aromatic N) is 4. The zero-order valence-corrected chi connectivity index (χ0v) is 14.6. The van der Waals surface area contributed by atoms with Crippen molar-refractivity contribution in [1.82, 2.24) is 19.3 Å². The van der Waals surface area contributed by atoms with Gasteiger partial charge in [-0.2, -0.15) is 5.10 Å². The number of rotatable bonds is 4. The van der Waals surface area contributed by atoms with E-state index >= 15 is 0 Å². The summed E-state index contributed by atoms with van der Waals surface area (Å²) in [6.07, 6.45) is 7.65. The first-order valence-corrected chi connectivity index (χ1v) is 8.54. The molecule has 0 N–H and O–H groups in total. The molecule has 4 rings (SSSR count). The molecule has 0 aliphatic carbocycles. The normalized spacial score (nSPS) is 17.8. The van der Waals surface area contributed by atoms with E-state index in [1.54, 1.807) is 6.20 Å². The summed E-state index contributed by atoms with van der Waals surface area (Å²) in [5.74, 6) is 0.923. The quantitative estimate of drug-likeness (QED) is 0.734. The van der Waals surface area contributed by atoms with Gasteiger partial charge >= 0.3 is 0 Å². The number of hydrogen-bond acceptors (Lipinski definition) is 4. The number of aryl methyl sites for hydroxylation is 2. The standard InChI is InChI=1S/C19H22N4O2/c1-14-10-15(2)18(23-6-3-4-21-23)17(11-14)19-20-5-7-22(19)12-16-13-24-8-9-25-16/h3-7,10-11,16H,8-9,12-13H2,1-2H3. The SMILES string of the molecule is Cc1cc(C)c(-n2cccn2)c(-c2nccn2CC2COCCO2)c1. The molecular formula is C19H22N4O2. The summed E-state index contributed by atoms with van der Waals surface area (Å²) in [6, 6.07) is 6.27. The lowest BCUT2D eigenvalue weighted by Crippen LogP contribution is -2.32. The predicted octanol–water partition coefficient (Wildman–Crippen LogP) is 2.77. The van der Waals surface area contributed by atoms with E-state index < -0.39 is 0 Å². The van der Waals surface area contributed by atoms with Gasteiger partial charge < -0.3 is 14.0 Å². The van der Waals surface area contributed by atoms with Crippen molar-refractivity contribution >= 4 is 0 Å². The number of imidazole rings is 1. The number of benzene rings is 1. The fourth-order valence-corrected chi connectivity index (χ4v) is 3.40. The maximum atomic E-state index is 5.80. The largest absolute Gasteiger partial charge is 0.376 e. The highest BCUT2D eigenvalue weighted by molar-refractivity contribution is 5.71. The van der Waals surface area contributed by atoms with Crippen LogP contribution in [0.1, 0.15) is 11.1 Å². The molecule has 1 atom stereocenters. The topological polar surface area (TPSA) is 54.1 Å². The molecule has 0 spiro atoms. The Bertz CT molecular complexity index is 848. The molecule has 3 heterocycles. The van der Waals surface area contributed by atoms with Crippen LogP contribution in [0.5, 0.6) is 0 Å². The van der Waals surface area contributed by atoms with Crippen LogP contribution < -0.4 is 0 Å². The first kappa shape index (κ1) is 16.1. The maximum absolute atomic E-state index is 5.80. The summed E-state index contributed by atoms with van der Waals surface area (Å²) in [4.78, 5) is 4.63. The maximum Gasteiger partial charge on any atom is 0.142 e. The van der Waals surface area contributed by atoms with Crippen LogP contribution in [0.3, 0.4) is 0 Å². The second-order valence-corrected chi connectivity index (χ2v) is 6.40. The van der Waals surface area contributed by atoms with E-state index in [0.29, 0.717) is 19.8 Å². The van der Waals surface area contributed by atoms with Crippen LogP contribution in [-0.4, -0.2) is 45.3 Å². The van der Waals surface area contributed by atoms with Gasteiger partial charge in [0.15, 0.2) is 0 Å². The molecule has 1 aliphatic heterocycles. The molecule has 6 heteroatoms. The van der Waals surface area contributed by atoms with Gasteiger partial charge in [0.2, 0.25) is 0 Å². The van der Waals surface area contributed by atoms with Crippen molar-refractivity contribution in [3.05, 3.63) is 54.1 Å². The molecule has 2 aromatic heterocycles. The van der Waals surface area contributed by atoms with Crippen molar-refractivity contribution in [2.24, 2.45) is 0 Å². The molecule has 1 aromatic carbocycles. The smallest absolute Gasteiger partial charge is 0.142 e. The van der Waals surface area contributed by atoms with E-state index in [4.69, 9.17) is 9.47 Å². The molecule has 0 bridgehead atoms. The third-order valence-electron chi connectivity index (χ3n) is 4.42. The van der Waals surface area contributed by atoms with Gasteiger partial charge in [-0.3, -0.25) is 0 Å². The average molecular weight is 338 g/mol. The van der Waals surface area contributed by atoms with Gasteiger partial charge in [0.05, 0.1) is 38.2 Å². The molecule has 0 amide bonds. The van der Waals surface area contributed by atoms with Crippen LogP contribution in [0, 0.1) is 13.8 Å². The number of aromatic nitrogens is 4. The summed E-state index contributed by atoms with van der Waals surface area (Å²) in [7, 11) is 0. The average Bonchev–Trinajstić information content (AvgIpc) is 3.27. The van der Waals surface area contributed by atoms with E-state index in [1.165, 1.54) is 11.1 Å². The van der Waals surface area contributed by atoms with Gasteiger partial charge in [-0.15, -0.1) is 0 Å². The number of hydrogen-bond donors (Lipinski definition) is 0. The zero-order valence-electron chi connectivity index (χ0n) is 14.6. The Hall–Kier alpha value is -2.44. The lowest BCUT2D eigenvalue weighted by Gasteiger charge is -2.24. The van der Waals surface area contributed by atoms with Crippen molar-refractivity contribution in [3.8, 4) is 17.1 Å². The lowest BCUT2D eigenvalue weighted by atomic mass is 10.0. The molecule has 6 nitrogen and oxygen atoms in total. The van der Waals surface area contributed by atoms with E-state index in [2.05, 4.69) is 40.6 Å². The van der Waals surface area contributed by atoms with Crippen LogP contribution >= 0.6 is 0 Å². The van der Waals surface area contributed by atoms with Gasteiger partial charge in [0.1, 0.15) is 5.82 Å². The Kier molecular flexibility index (Phi) is 4.38. The van der Waals surface area contributed by atoms with Gasteiger partial charge in [0.25, 0.3) is 0 Å². The van der Waals surface area contributed by atoms with Gasteiger partial charge in [-0.05, 0) is 37.1 Å². The van der Waals surface area contributed by atoms with Gasteiger partial charge in [-0.25, -0.2) is 9.67 Å². The van der Waals surface area contributed by atoms with Crippen molar-refractivity contribution in [2.45, 2.75) is 26.5 Å². The van der Waals surface area contributed by atoms with E-state index in [0.717, 1.165) is 23.6 Å². The fourth-order valence-electron chi connectivity index (χ4n) is 3.40. The van der Waals surface area contributed by atoms with Crippen molar-refractivity contribution in [1.29, 1.82) is 0 Å². The minimum atomic E-state index is 0.0563. The minimum Gasteiger partial charge on any atom is -0.376 e. The van der Waals surface area contributed by atoms with Crippen LogP contribution in [0.15, 0.2) is 43.0 Å². The Labute approximate surface area is 147 Å². The monoisotopic (exact) mass is 338 g/mol. The van der Waals surface area contributed by atoms with Crippen LogP contribution in [0.4, 0.5) is 0 Å². The van der Waals surface area contributed by atoms with Gasteiger partial charge in [-0.1, -0.05) is 6.07 Å². The lowest BCUT2D eigenvalue weighted by molar-refractivity contribution is -0.0934. The summed E-state index contributed by atoms with van der Waals surface area (Å²) in [5.41, 5.74) is 4.51. The highest BCUT2D eigenvalue weighted by Gasteiger charge is 2.20. The van der Waals surface area contributed by atoms with Crippen LogP contribution in [0.2, 0.25) is 0 Å². The molecule has 25 heavy (non-hydrogen) atoms. The second kappa shape index (κ2) is 6.82. The zero-order chi connectivity index (χ0) is 17.2. The molecular weight excluding hydrogens is 316 g/mol. The molecule has 1 aliphatic rings. The van der Waals surface area contributed by atoms with E-state index in [-0.39, 0.29) is 6.10 Å². The number of ether oxygens (including phenoxy) is 2. The van der Waals surface area contributed by atoms with Crippen LogP contribution in [0.25, 0.3) is 17.1 Å². The first-order valence-electron chi connectivity index (χ1n) is 8.54. The molecule has 3 aromatic rings. The fraction of sp³-hybridized carbons (Fsp3) is 0.368. The van der Waals surface area contributed by atoms with Crippen molar-refractivity contribution in [2.75, 3.05) is 19.8 Å². The Morgan fingerprint density at radius 3 is 2.84 bits per heavy atom. The predicted molar refractivity (Wildman–Crippen MR) is 94.8 cm³/mol. The molecule has 1 saturated heterocycles. The highest BCUT2D eigenvalue weighted by Crippen LogP contribution is 2.30. The van der Waals surface area contributed by atoms with Crippen LogP contribution in [-0.2, 0) is 16.0 Å². The Morgan fingerprint density at radius 1 is 1.16 bits per heavy atom. The third-order valence-corrected chi connectivity index (χ3v) is 4.42. The Balaban J connectivity index is 1.76. The molecule has 1 unspecified atom stereocenters. The second-order valence-electron chi connectivity index (χ2n) is 6.40. The molecule has 130 valence electrons. The van der Waals surface area contributed by atoms with Gasteiger partial charge in [0, 0.05) is 30.4 Å². The minimum absolute atomic E-state index is 0.0563. The van der Waals surface area contributed by atoms with E-state index in [1.807, 2.05) is 29.3 Å². The first-order chi connectivity index (χ1) is 12.2. The van der Waals surface area contributed by atoms with E-state index in [9.17, 15) is 0 Å². The third kappa shape index (κ3) is 3.23.